The fourth-order valence-corrected chi connectivity index (χ4v) is 4.07. The van der Waals surface area contributed by atoms with Crippen LogP contribution in [0.2, 0.25) is 5.02 Å². The number of aliphatic hydroxyl groups is 1. The van der Waals surface area contributed by atoms with E-state index in [-0.39, 0.29) is 19.6 Å². The molecule has 0 aromatic heterocycles. The highest BCUT2D eigenvalue weighted by Crippen LogP contribution is 2.39. The van der Waals surface area contributed by atoms with Crippen LogP contribution in [0.5, 0.6) is 5.75 Å². The number of methoxy groups -OCH3 is 1. The zero-order valence-corrected chi connectivity index (χ0v) is 18.6. The Morgan fingerprint density at radius 3 is 2.71 bits per heavy atom. The van der Waals surface area contributed by atoms with Crippen LogP contribution in [0.1, 0.15) is 42.6 Å². The molecule has 0 amide bonds. The molecule has 1 heterocycles. The minimum absolute atomic E-state index is 0.120. The molecular formula is C24H28ClNO5. The summed E-state index contributed by atoms with van der Waals surface area (Å²) in [6.07, 6.45) is 0.270. The number of rotatable bonds is 9. The van der Waals surface area contributed by atoms with Gasteiger partial charge in [0.1, 0.15) is 19.0 Å². The van der Waals surface area contributed by atoms with E-state index >= 15 is 0 Å². The molecule has 6 nitrogen and oxygen atoms in total. The molecule has 2 aromatic rings. The predicted octanol–water partition coefficient (Wildman–Crippen LogP) is 4.42. The predicted molar refractivity (Wildman–Crippen MR) is 117 cm³/mol. The second kappa shape index (κ2) is 10.9. The number of hydrogen-bond acceptors (Lipinski definition) is 6. The van der Waals surface area contributed by atoms with Crippen LogP contribution in [-0.4, -0.2) is 43.9 Å². The van der Waals surface area contributed by atoms with Gasteiger partial charge in [-0.2, -0.15) is 5.26 Å². The van der Waals surface area contributed by atoms with Crippen molar-refractivity contribution in [3.8, 4) is 11.8 Å². The molecular weight excluding hydrogens is 418 g/mol. The van der Waals surface area contributed by atoms with E-state index in [1.807, 2.05) is 55.5 Å². The lowest BCUT2D eigenvalue weighted by atomic mass is 9.92. The maximum absolute atomic E-state index is 10.5. The summed E-state index contributed by atoms with van der Waals surface area (Å²) >= 11 is 6.47. The molecule has 0 radical (unpaired) electrons. The number of aliphatic hydroxyl groups excluding tert-OH is 1. The SMILES string of the molecule is CCOc1ccc(Cc2cc(C3CC(O)C[C@@](COC)(OCC#N)O3)ccc2Cl)cc1. The van der Waals surface area contributed by atoms with Gasteiger partial charge in [0.25, 0.3) is 0 Å². The standard InChI is InChI=1S/C24H28ClNO5/c1-3-29-21-7-4-17(5-8-21)12-19-13-18(6-9-22(19)25)23-14-20(27)15-24(31-23,16-28-2)30-11-10-26/h4-9,13,20,23,27H,3,11-12,14-16H2,1-2H3/t20?,23?,24-/m1/s1. The summed E-state index contributed by atoms with van der Waals surface area (Å²) in [6.45, 7) is 2.56. The highest BCUT2D eigenvalue weighted by Gasteiger charge is 2.43. The van der Waals surface area contributed by atoms with E-state index in [1.54, 1.807) is 0 Å². The van der Waals surface area contributed by atoms with Gasteiger partial charge in [-0.1, -0.05) is 35.9 Å². The second-order valence-electron chi connectivity index (χ2n) is 7.60. The number of benzene rings is 2. The minimum atomic E-state index is -1.16. The summed E-state index contributed by atoms with van der Waals surface area (Å²) in [7, 11) is 1.54. The lowest BCUT2D eigenvalue weighted by Gasteiger charge is -2.42. The molecule has 7 heteroatoms. The van der Waals surface area contributed by atoms with E-state index < -0.39 is 18.0 Å². The summed E-state index contributed by atoms with van der Waals surface area (Å²) in [5.74, 6) is -0.329. The quantitative estimate of drug-likeness (QED) is 0.615. The third-order valence-electron chi connectivity index (χ3n) is 5.22. The Bertz CT molecular complexity index is 898. The van der Waals surface area contributed by atoms with Crippen molar-refractivity contribution in [2.75, 3.05) is 26.9 Å². The van der Waals surface area contributed by atoms with E-state index in [2.05, 4.69) is 0 Å². The lowest BCUT2D eigenvalue weighted by molar-refractivity contribution is -0.308. The van der Waals surface area contributed by atoms with Crippen molar-refractivity contribution in [2.24, 2.45) is 0 Å². The van der Waals surface area contributed by atoms with Crippen molar-refractivity contribution in [1.29, 1.82) is 5.26 Å². The number of halogens is 1. The van der Waals surface area contributed by atoms with Crippen LogP contribution < -0.4 is 4.74 Å². The van der Waals surface area contributed by atoms with E-state index in [9.17, 15) is 5.11 Å². The van der Waals surface area contributed by atoms with Gasteiger partial charge in [0.05, 0.1) is 24.9 Å². The molecule has 1 aliphatic heterocycles. The summed E-state index contributed by atoms with van der Waals surface area (Å²) in [4.78, 5) is 0. The van der Waals surface area contributed by atoms with Crippen molar-refractivity contribution < 1.29 is 24.1 Å². The summed E-state index contributed by atoms with van der Waals surface area (Å²) in [5, 5.41) is 20.1. The van der Waals surface area contributed by atoms with Gasteiger partial charge in [-0.3, -0.25) is 0 Å². The van der Waals surface area contributed by atoms with E-state index in [0.29, 0.717) is 24.5 Å². The van der Waals surface area contributed by atoms with Crippen LogP contribution in [0, 0.1) is 11.3 Å². The first-order valence-electron chi connectivity index (χ1n) is 10.3. The molecule has 0 saturated carbocycles. The smallest absolute Gasteiger partial charge is 0.196 e. The minimum Gasteiger partial charge on any atom is -0.494 e. The average molecular weight is 446 g/mol. The van der Waals surface area contributed by atoms with Crippen LogP contribution in [0.3, 0.4) is 0 Å². The molecule has 0 bridgehead atoms. The van der Waals surface area contributed by atoms with Crippen LogP contribution in [0.15, 0.2) is 42.5 Å². The fourth-order valence-electron chi connectivity index (χ4n) is 3.88. The van der Waals surface area contributed by atoms with Crippen LogP contribution in [0.4, 0.5) is 0 Å². The third-order valence-corrected chi connectivity index (χ3v) is 5.59. The largest absolute Gasteiger partial charge is 0.494 e. The maximum atomic E-state index is 10.5. The topological polar surface area (TPSA) is 80.9 Å². The molecule has 1 fully saturated rings. The molecule has 31 heavy (non-hydrogen) atoms. The molecule has 3 atom stereocenters. The summed E-state index contributed by atoms with van der Waals surface area (Å²) in [5.41, 5.74) is 2.96. The van der Waals surface area contributed by atoms with E-state index in [1.165, 1.54) is 7.11 Å². The van der Waals surface area contributed by atoms with Gasteiger partial charge >= 0.3 is 0 Å². The van der Waals surface area contributed by atoms with Gasteiger partial charge in [0.15, 0.2) is 5.79 Å². The average Bonchev–Trinajstić information content (AvgIpc) is 2.75. The van der Waals surface area contributed by atoms with Crippen LogP contribution in [0.25, 0.3) is 0 Å². The Morgan fingerprint density at radius 1 is 1.26 bits per heavy atom. The lowest BCUT2D eigenvalue weighted by Crippen LogP contribution is -2.48. The number of hydrogen-bond donors (Lipinski definition) is 1. The van der Waals surface area contributed by atoms with E-state index in [0.717, 1.165) is 22.4 Å². The monoisotopic (exact) mass is 445 g/mol. The Hall–Kier alpha value is -2.14. The second-order valence-corrected chi connectivity index (χ2v) is 8.00. The molecule has 0 aliphatic carbocycles. The van der Waals surface area contributed by atoms with Crippen LogP contribution in [-0.2, 0) is 20.6 Å². The third kappa shape index (κ3) is 6.19. The number of nitriles is 1. The number of ether oxygens (including phenoxy) is 4. The van der Waals surface area contributed by atoms with Gasteiger partial charge in [-0.25, -0.2) is 0 Å². The van der Waals surface area contributed by atoms with Crippen molar-refractivity contribution in [2.45, 2.75) is 44.2 Å². The molecule has 1 N–H and O–H groups in total. The molecule has 166 valence electrons. The molecule has 1 aliphatic rings. The highest BCUT2D eigenvalue weighted by atomic mass is 35.5. The first-order chi connectivity index (χ1) is 15.0. The van der Waals surface area contributed by atoms with Gasteiger partial charge in [0.2, 0.25) is 0 Å². The van der Waals surface area contributed by atoms with Gasteiger partial charge in [-0.15, -0.1) is 0 Å². The van der Waals surface area contributed by atoms with Crippen molar-refractivity contribution >= 4 is 11.6 Å². The molecule has 3 rings (SSSR count). The zero-order chi connectivity index (χ0) is 22.3. The normalized spacial score (nSPS) is 23.3. The van der Waals surface area contributed by atoms with E-state index in [4.69, 9.17) is 35.8 Å². The molecule has 0 spiro atoms. The first-order valence-corrected chi connectivity index (χ1v) is 10.7. The number of nitrogens with zero attached hydrogens (tertiary/aromatic N) is 1. The Morgan fingerprint density at radius 2 is 2.03 bits per heavy atom. The van der Waals surface area contributed by atoms with Gasteiger partial charge in [-0.05, 0) is 48.2 Å². The van der Waals surface area contributed by atoms with Crippen molar-refractivity contribution in [3.05, 3.63) is 64.2 Å². The van der Waals surface area contributed by atoms with Crippen LogP contribution >= 0.6 is 11.6 Å². The molecule has 1 saturated heterocycles. The first kappa shape index (κ1) is 23.5. The fraction of sp³-hybridized carbons (Fsp3) is 0.458. The molecule has 2 aromatic carbocycles. The summed E-state index contributed by atoms with van der Waals surface area (Å²) in [6, 6.07) is 15.6. The van der Waals surface area contributed by atoms with Crippen molar-refractivity contribution in [3.63, 3.8) is 0 Å². The Labute approximate surface area is 188 Å². The Kier molecular flexibility index (Phi) is 8.30. The van der Waals surface area contributed by atoms with Crippen molar-refractivity contribution in [1.82, 2.24) is 0 Å². The van der Waals surface area contributed by atoms with Gasteiger partial charge in [0, 0.05) is 25.0 Å². The van der Waals surface area contributed by atoms with Gasteiger partial charge < -0.3 is 24.1 Å². The highest BCUT2D eigenvalue weighted by molar-refractivity contribution is 6.31. The molecule has 2 unspecified atom stereocenters. The Balaban J connectivity index is 1.81. The maximum Gasteiger partial charge on any atom is 0.196 e. The summed E-state index contributed by atoms with van der Waals surface area (Å²) < 4.78 is 22.7. The zero-order valence-electron chi connectivity index (χ0n) is 17.8.